The summed E-state index contributed by atoms with van der Waals surface area (Å²) in [6.45, 7) is 6.96. The van der Waals surface area contributed by atoms with E-state index in [4.69, 9.17) is 9.26 Å². The third-order valence-electron chi connectivity index (χ3n) is 3.42. The van der Waals surface area contributed by atoms with E-state index in [0.29, 0.717) is 0 Å². The molecule has 0 aliphatic rings. The van der Waals surface area contributed by atoms with E-state index < -0.39 is 29.5 Å². The number of ether oxygens (including phenoxy) is 1. The molecule has 0 spiro atoms. The molecule has 2 rings (SSSR count). The number of aryl methyl sites for hydroxylation is 1. The largest absolute Gasteiger partial charge is 0.594 e. The predicted molar refractivity (Wildman–Crippen MR) is 85.8 cm³/mol. The maximum absolute atomic E-state index is 12.7. The number of benzene rings is 1. The van der Waals surface area contributed by atoms with Crippen LogP contribution in [-0.4, -0.2) is 22.1 Å². The van der Waals surface area contributed by atoms with Gasteiger partial charge in [-0.05, 0) is 29.3 Å². The lowest BCUT2D eigenvalue weighted by Gasteiger charge is -2.29. The Kier molecular flexibility index (Phi) is 5.79. The molecule has 10 heteroatoms. The van der Waals surface area contributed by atoms with E-state index in [1.165, 1.54) is 4.68 Å². The highest BCUT2D eigenvalue weighted by Gasteiger charge is 2.34. The topological polar surface area (TPSA) is 94.8 Å². The lowest BCUT2D eigenvalue weighted by Crippen LogP contribution is -2.39. The van der Waals surface area contributed by atoms with Crippen LogP contribution in [0.15, 0.2) is 33.8 Å². The summed E-state index contributed by atoms with van der Waals surface area (Å²) >= 11 is 0. The van der Waals surface area contributed by atoms with Crippen molar-refractivity contribution in [3.05, 3.63) is 41.1 Å². The van der Waals surface area contributed by atoms with Gasteiger partial charge in [0.25, 0.3) is 0 Å². The first-order valence-electron chi connectivity index (χ1n) is 8.12. The molecule has 2 aromatic rings. The normalized spacial score (nSPS) is 14.3. The molecule has 0 fully saturated rings. The first-order chi connectivity index (χ1) is 12.4. The Morgan fingerprint density at radius 3 is 2.37 bits per heavy atom. The van der Waals surface area contributed by atoms with E-state index in [-0.39, 0.29) is 23.7 Å². The van der Waals surface area contributed by atoms with Gasteiger partial charge in [-0.2, -0.15) is 18.2 Å². The molecule has 0 radical (unpaired) electrons. The van der Waals surface area contributed by atoms with Crippen molar-refractivity contribution in [3.8, 4) is 0 Å². The quantitative estimate of drug-likeness (QED) is 0.493. The lowest BCUT2D eigenvalue weighted by molar-refractivity contribution is -0.767. The average Bonchev–Trinajstić information content (AvgIpc) is 2.94. The van der Waals surface area contributed by atoms with Crippen molar-refractivity contribution < 1.29 is 37.3 Å². The van der Waals surface area contributed by atoms with Gasteiger partial charge in [0.1, 0.15) is 0 Å². The molecule has 0 aliphatic carbocycles. The van der Waals surface area contributed by atoms with Crippen molar-refractivity contribution in [1.29, 1.82) is 0 Å². The lowest BCUT2D eigenvalue weighted by atomic mass is 10.0. The van der Waals surface area contributed by atoms with Crippen molar-refractivity contribution >= 4 is 12.0 Å². The van der Waals surface area contributed by atoms with Gasteiger partial charge in [0.15, 0.2) is 18.7 Å². The molecule has 148 valence electrons. The SMILES string of the molecule is CC[n+]1noc(/N=C(\[O-])OC(C)(C)C)c1C(O)c1ccc(C(F)(F)F)cc1. The summed E-state index contributed by atoms with van der Waals surface area (Å²) in [6, 6.07) is 3.98. The number of nitrogens with zero attached hydrogens (tertiary/aromatic N) is 3. The second kappa shape index (κ2) is 7.55. The van der Waals surface area contributed by atoms with Crippen molar-refractivity contribution in [2.75, 3.05) is 0 Å². The maximum atomic E-state index is 12.7. The van der Waals surface area contributed by atoms with Crippen LogP contribution >= 0.6 is 0 Å². The predicted octanol–water partition coefficient (Wildman–Crippen LogP) is 2.25. The van der Waals surface area contributed by atoms with Crippen LogP contribution in [0.25, 0.3) is 0 Å². The Morgan fingerprint density at radius 2 is 1.89 bits per heavy atom. The molecule has 0 amide bonds. The zero-order valence-corrected chi connectivity index (χ0v) is 15.2. The molecule has 1 unspecified atom stereocenters. The summed E-state index contributed by atoms with van der Waals surface area (Å²) in [4.78, 5) is 3.67. The first kappa shape index (κ1) is 20.7. The summed E-state index contributed by atoms with van der Waals surface area (Å²) in [6.07, 6.45) is -6.83. The van der Waals surface area contributed by atoms with Gasteiger partial charge in [0.05, 0.1) is 5.56 Å². The van der Waals surface area contributed by atoms with E-state index in [1.54, 1.807) is 27.7 Å². The van der Waals surface area contributed by atoms with Crippen LogP contribution < -0.4 is 9.79 Å². The average molecular weight is 387 g/mol. The number of hydrogen-bond acceptors (Lipinski definition) is 6. The van der Waals surface area contributed by atoms with Crippen LogP contribution in [0.4, 0.5) is 19.1 Å². The number of aliphatic hydroxyl groups is 1. The number of rotatable bonds is 4. The molecule has 0 aliphatic heterocycles. The Labute approximate surface area is 153 Å². The fourth-order valence-electron chi connectivity index (χ4n) is 2.23. The van der Waals surface area contributed by atoms with Crippen LogP contribution in [0.3, 0.4) is 0 Å². The molecule has 1 aromatic heterocycles. The van der Waals surface area contributed by atoms with E-state index in [2.05, 4.69) is 10.3 Å². The van der Waals surface area contributed by atoms with E-state index >= 15 is 0 Å². The second-order valence-electron chi connectivity index (χ2n) is 6.69. The van der Waals surface area contributed by atoms with Crippen LogP contribution in [0.1, 0.15) is 50.6 Å². The van der Waals surface area contributed by atoms with Gasteiger partial charge in [-0.15, -0.1) is 0 Å². The van der Waals surface area contributed by atoms with Crippen molar-refractivity contribution in [1.82, 2.24) is 5.27 Å². The Hall–Kier alpha value is -2.62. The number of aliphatic imine (C=N–C) groups is 1. The molecular weight excluding hydrogens is 367 g/mol. The fourth-order valence-corrected chi connectivity index (χ4v) is 2.23. The van der Waals surface area contributed by atoms with E-state index in [0.717, 1.165) is 24.3 Å². The number of hydrogen-bond donors (Lipinski definition) is 1. The van der Waals surface area contributed by atoms with Crippen molar-refractivity contribution in [2.24, 2.45) is 4.99 Å². The van der Waals surface area contributed by atoms with Gasteiger partial charge < -0.3 is 14.9 Å². The fraction of sp³-hybridized carbons (Fsp3) is 0.471. The van der Waals surface area contributed by atoms with E-state index in [9.17, 15) is 23.4 Å². The van der Waals surface area contributed by atoms with Crippen LogP contribution in [0.5, 0.6) is 0 Å². The minimum absolute atomic E-state index is 0.0307. The third kappa shape index (κ3) is 5.19. The highest BCUT2D eigenvalue weighted by atomic mass is 19.4. The third-order valence-corrected chi connectivity index (χ3v) is 3.42. The standard InChI is InChI=1S/C17H20F3N3O4/c1-5-23-12(14(27-22-23)21-15(25)26-16(2,3)4)13(24)10-6-8-11(9-7-10)17(18,19)20/h6-9,13,24H,5H2,1-4H3. The maximum Gasteiger partial charge on any atom is 0.416 e. The van der Waals surface area contributed by atoms with Crippen LogP contribution in [-0.2, 0) is 17.5 Å². The Balaban J connectivity index is 2.39. The van der Waals surface area contributed by atoms with Gasteiger partial charge in [-0.25, -0.2) is 0 Å². The molecular formula is C17H20F3N3O4. The first-order valence-corrected chi connectivity index (χ1v) is 8.12. The highest BCUT2D eigenvalue weighted by Crippen LogP contribution is 2.32. The molecule has 1 atom stereocenters. The molecule has 0 saturated carbocycles. The van der Waals surface area contributed by atoms with Crippen LogP contribution in [0, 0.1) is 0 Å². The molecule has 0 saturated heterocycles. The minimum atomic E-state index is -4.48. The molecule has 7 nitrogen and oxygen atoms in total. The molecule has 27 heavy (non-hydrogen) atoms. The Morgan fingerprint density at radius 1 is 1.30 bits per heavy atom. The smallest absolute Gasteiger partial charge is 0.416 e. The zero-order valence-electron chi connectivity index (χ0n) is 15.2. The summed E-state index contributed by atoms with van der Waals surface area (Å²) in [5.41, 5.74) is -1.43. The number of halogens is 3. The van der Waals surface area contributed by atoms with Crippen molar-refractivity contribution in [2.45, 2.75) is 52.1 Å². The molecule has 0 bridgehead atoms. The second-order valence-corrected chi connectivity index (χ2v) is 6.69. The zero-order chi connectivity index (χ0) is 20.4. The highest BCUT2D eigenvalue weighted by molar-refractivity contribution is 5.66. The number of alkyl halides is 3. The van der Waals surface area contributed by atoms with Gasteiger partial charge in [-0.3, -0.25) is 4.52 Å². The minimum Gasteiger partial charge on any atom is -0.594 e. The van der Waals surface area contributed by atoms with Gasteiger partial charge in [-0.1, -0.05) is 32.9 Å². The van der Waals surface area contributed by atoms with Gasteiger partial charge in [0, 0.05) is 5.60 Å². The molecule has 1 N–H and O–H groups in total. The molecule has 1 heterocycles. The number of aromatic nitrogens is 2. The Bertz CT molecular complexity index is 808. The van der Waals surface area contributed by atoms with Gasteiger partial charge >= 0.3 is 17.8 Å². The van der Waals surface area contributed by atoms with Crippen molar-refractivity contribution in [3.63, 3.8) is 0 Å². The summed E-state index contributed by atoms with van der Waals surface area (Å²) in [5, 5.41) is 26.2. The summed E-state index contributed by atoms with van der Waals surface area (Å²) < 4.78 is 49.4. The summed E-state index contributed by atoms with van der Waals surface area (Å²) in [5.74, 6) is -0.279. The summed E-state index contributed by atoms with van der Waals surface area (Å²) in [7, 11) is 0. The van der Waals surface area contributed by atoms with E-state index in [1.807, 2.05) is 0 Å². The van der Waals surface area contributed by atoms with Crippen LogP contribution in [0.2, 0.25) is 0 Å². The number of aliphatic hydroxyl groups excluding tert-OH is 1. The van der Waals surface area contributed by atoms with Gasteiger partial charge in [0.2, 0.25) is 5.27 Å². The monoisotopic (exact) mass is 387 g/mol. The molecule has 1 aromatic carbocycles.